The quantitative estimate of drug-likeness (QED) is 0.719. The van der Waals surface area contributed by atoms with Crippen molar-refractivity contribution in [2.45, 2.75) is 32.6 Å². The Morgan fingerprint density at radius 1 is 1.00 bits per heavy atom. The molecule has 130 valence electrons. The van der Waals surface area contributed by atoms with Crippen LogP contribution in [0.25, 0.3) is 5.65 Å². The first-order valence-electron chi connectivity index (χ1n) is 8.85. The van der Waals surface area contributed by atoms with Gasteiger partial charge in [0.05, 0.1) is 5.69 Å². The number of thiazole rings is 1. The second-order valence-corrected chi connectivity index (χ2v) is 8.09. The summed E-state index contributed by atoms with van der Waals surface area (Å²) in [6.45, 7) is 8.09. The summed E-state index contributed by atoms with van der Waals surface area (Å²) < 4.78 is 1.94. The highest BCUT2D eigenvalue weighted by atomic mass is 32.1. The van der Waals surface area contributed by atoms with Gasteiger partial charge in [0.1, 0.15) is 5.82 Å². The van der Waals surface area contributed by atoms with Gasteiger partial charge in [0.2, 0.25) is 0 Å². The molecular weight excluding hydrogens is 334 g/mol. The van der Waals surface area contributed by atoms with E-state index in [1.807, 2.05) is 10.6 Å². The lowest BCUT2D eigenvalue weighted by atomic mass is 10.3. The Balaban J connectivity index is 1.35. The third-order valence-corrected chi connectivity index (χ3v) is 6.24. The highest BCUT2D eigenvalue weighted by molar-refractivity contribution is 7.15. The molecule has 2 fully saturated rings. The van der Waals surface area contributed by atoms with Crippen molar-refractivity contribution in [3.05, 3.63) is 28.5 Å². The van der Waals surface area contributed by atoms with E-state index >= 15 is 0 Å². The van der Waals surface area contributed by atoms with Crippen molar-refractivity contribution in [1.29, 1.82) is 0 Å². The largest absolute Gasteiger partial charge is 0.352 e. The van der Waals surface area contributed by atoms with Gasteiger partial charge in [-0.3, -0.25) is 0 Å². The van der Waals surface area contributed by atoms with Crippen molar-refractivity contribution in [3.8, 4) is 0 Å². The molecule has 0 amide bonds. The minimum atomic E-state index is 0.547. The van der Waals surface area contributed by atoms with Gasteiger partial charge in [-0.25, -0.2) is 4.98 Å². The zero-order chi connectivity index (χ0) is 17.0. The van der Waals surface area contributed by atoms with E-state index in [1.54, 1.807) is 11.3 Å². The fourth-order valence-corrected chi connectivity index (χ4v) is 4.24. The zero-order valence-electron chi connectivity index (χ0n) is 14.5. The maximum absolute atomic E-state index is 4.82. The molecular formula is C17H21N7S. The summed E-state index contributed by atoms with van der Waals surface area (Å²) in [5.74, 6) is 2.58. The van der Waals surface area contributed by atoms with E-state index < -0.39 is 0 Å². The van der Waals surface area contributed by atoms with E-state index in [2.05, 4.69) is 39.9 Å². The van der Waals surface area contributed by atoms with Gasteiger partial charge >= 0.3 is 0 Å². The summed E-state index contributed by atoms with van der Waals surface area (Å²) in [6.07, 6.45) is 2.41. The highest BCUT2D eigenvalue weighted by Crippen LogP contribution is 2.38. The second kappa shape index (κ2) is 5.66. The van der Waals surface area contributed by atoms with Crippen molar-refractivity contribution in [2.24, 2.45) is 0 Å². The van der Waals surface area contributed by atoms with Crippen molar-refractivity contribution < 1.29 is 0 Å². The van der Waals surface area contributed by atoms with Crippen molar-refractivity contribution >= 4 is 27.9 Å². The molecule has 5 rings (SSSR count). The van der Waals surface area contributed by atoms with Crippen LogP contribution in [0.1, 0.15) is 35.2 Å². The monoisotopic (exact) mass is 355 g/mol. The number of nitrogens with zero attached hydrogens (tertiary/aromatic N) is 7. The van der Waals surface area contributed by atoms with Crippen LogP contribution in [0.5, 0.6) is 0 Å². The SMILES string of the molecule is Cc1nc(N2CCN(c3ccc4nnc(C5CC5)n4n3)CC2)sc1C. The van der Waals surface area contributed by atoms with Crippen LogP contribution in [0, 0.1) is 13.8 Å². The average molecular weight is 355 g/mol. The van der Waals surface area contributed by atoms with Crippen LogP contribution in [0.3, 0.4) is 0 Å². The zero-order valence-corrected chi connectivity index (χ0v) is 15.3. The van der Waals surface area contributed by atoms with Crippen molar-refractivity contribution in [1.82, 2.24) is 24.8 Å². The topological polar surface area (TPSA) is 62.5 Å². The molecule has 0 N–H and O–H groups in total. The van der Waals surface area contributed by atoms with E-state index in [9.17, 15) is 0 Å². The molecule has 1 aliphatic heterocycles. The van der Waals surface area contributed by atoms with Gasteiger partial charge in [-0.15, -0.1) is 26.6 Å². The van der Waals surface area contributed by atoms with Crippen LogP contribution in [0.2, 0.25) is 0 Å². The first kappa shape index (κ1) is 15.1. The smallest absolute Gasteiger partial charge is 0.185 e. The van der Waals surface area contributed by atoms with Crippen LogP contribution in [0.15, 0.2) is 12.1 Å². The Kier molecular flexibility index (Phi) is 3.41. The number of fused-ring (bicyclic) bond motifs is 1. The summed E-state index contributed by atoms with van der Waals surface area (Å²) in [4.78, 5) is 10.7. The summed E-state index contributed by atoms with van der Waals surface area (Å²) in [5.41, 5.74) is 1.99. The van der Waals surface area contributed by atoms with E-state index in [0.29, 0.717) is 5.92 Å². The van der Waals surface area contributed by atoms with Gasteiger partial charge < -0.3 is 9.80 Å². The molecule has 7 nitrogen and oxygen atoms in total. The normalized spacial score (nSPS) is 18.3. The number of aromatic nitrogens is 5. The molecule has 1 saturated carbocycles. The van der Waals surface area contributed by atoms with Gasteiger partial charge in [0.25, 0.3) is 0 Å². The van der Waals surface area contributed by atoms with Crippen LogP contribution < -0.4 is 9.80 Å². The molecule has 0 unspecified atom stereocenters. The maximum atomic E-state index is 4.82. The second-order valence-electron chi connectivity index (χ2n) is 6.91. The van der Waals surface area contributed by atoms with E-state index in [1.165, 1.54) is 17.7 Å². The Hall–Kier alpha value is -2.22. The minimum Gasteiger partial charge on any atom is -0.352 e. The third-order valence-electron chi connectivity index (χ3n) is 5.11. The van der Waals surface area contributed by atoms with Crippen LogP contribution in [-0.2, 0) is 0 Å². The summed E-state index contributed by atoms with van der Waals surface area (Å²) in [5, 5.41) is 14.5. The standard InChI is InChI=1S/C17H21N7S/c1-11-12(2)25-17(18-11)23-9-7-22(8-10-23)15-6-5-14-19-20-16(13-3-4-13)24(14)21-15/h5-6,13H,3-4,7-10H2,1-2H3. The number of aryl methyl sites for hydroxylation is 2. The maximum Gasteiger partial charge on any atom is 0.185 e. The predicted octanol–water partition coefficient (Wildman–Crippen LogP) is 2.40. The first-order valence-corrected chi connectivity index (χ1v) is 9.67. The van der Waals surface area contributed by atoms with E-state index in [-0.39, 0.29) is 0 Å². The lowest BCUT2D eigenvalue weighted by Gasteiger charge is -2.35. The summed E-state index contributed by atoms with van der Waals surface area (Å²) >= 11 is 1.79. The molecule has 1 saturated heterocycles. The Morgan fingerprint density at radius 3 is 2.44 bits per heavy atom. The Morgan fingerprint density at radius 2 is 1.76 bits per heavy atom. The number of hydrogen-bond donors (Lipinski definition) is 0. The van der Waals surface area contributed by atoms with Crippen molar-refractivity contribution in [3.63, 3.8) is 0 Å². The van der Waals surface area contributed by atoms with Crippen molar-refractivity contribution in [2.75, 3.05) is 36.0 Å². The average Bonchev–Trinajstić information content (AvgIpc) is 3.30. The molecule has 0 aromatic carbocycles. The van der Waals surface area contributed by atoms with Gasteiger partial charge in [-0.2, -0.15) is 4.52 Å². The van der Waals surface area contributed by atoms with Gasteiger partial charge in [0.15, 0.2) is 16.6 Å². The van der Waals surface area contributed by atoms with Crippen LogP contribution in [-0.4, -0.2) is 51.0 Å². The molecule has 0 bridgehead atoms. The summed E-state index contributed by atoms with van der Waals surface area (Å²) in [6, 6.07) is 4.09. The van der Waals surface area contributed by atoms with E-state index in [0.717, 1.165) is 54.3 Å². The van der Waals surface area contributed by atoms with Gasteiger partial charge in [0, 0.05) is 37.0 Å². The van der Waals surface area contributed by atoms with Gasteiger partial charge in [-0.1, -0.05) is 0 Å². The molecule has 0 spiro atoms. The lowest BCUT2D eigenvalue weighted by molar-refractivity contribution is 0.638. The third kappa shape index (κ3) is 2.64. The number of rotatable bonds is 3. The molecule has 2 aliphatic rings. The fraction of sp³-hybridized carbons (Fsp3) is 0.529. The molecule has 3 aromatic rings. The molecule has 0 atom stereocenters. The Labute approximate surface area is 150 Å². The molecule has 1 aliphatic carbocycles. The van der Waals surface area contributed by atoms with Crippen LogP contribution in [0.4, 0.5) is 10.9 Å². The fourth-order valence-electron chi connectivity index (χ4n) is 3.28. The molecule has 4 heterocycles. The van der Waals surface area contributed by atoms with Crippen LogP contribution >= 0.6 is 11.3 Å². The Bertz CT molecular complexity index is 899. The first-order chi connectivity index (χ1) is 12.2. The number of piperazine rings is 1. The molecule has 0 radical (unpaired) electrons. The summed E-state index contributed by atoms with van der Waals surface area (Å²) in [7, 11) is 0. The predicted molar refractivity (Wildman–Crippen MR) is 98.8 cm³/mol. The minimum absolute atomic E-state index is 0.547. The number of hydrogen-bond acceptors (Lipinski definition) is 7. The van der Waals surface area contributed by atoms with Gasteiger partial charge in [-0.05, 0) is 38.8 Å². The van der Waals surface area contributed by atoms with E-state index in [4.69, 9.17) is 10.1 Å². The highest BCUT2D eigenvalue weighted by Gasteiger charge is 2.29. The molecule has 25 heavy (non-hydrogen) atoms. The molecule has 8 heteroatoms. The molecule has 3 aromatic heterocycles. The number of anilines is 2. The lowest BCUT2D eigenvalue weighted by Crippen LogP contribution is -2.47.